The third kappa shape index (κ3) is 7.57. The van der Waals surface area contributed by atoms with E-state index in [4.69, 9.17) is 25.2 Å². The average Bonchev–Trinajstić information content (AvgIpc) is 2.98. The Kier molecular flexibility index (Phi) is 9.55. The molecule has 0 spiro atoms. The van der Waals surface area contributed by atoms with Crippen molar-refractivity contribution >= 4 is 28.9 Å². The Balaban J connectivity index is 1.36. The number of nitrogens with two attached hydrogens (primary N) is 1. The monoisotopic (exact) mass is 606 g/mol. The quantitative estimate of drug-likeness (QED) is 0.366. The number of ether oxygens (including phenoxy) is 2. The molecule has 0 atom stereocenters. The molecule has 44 heavy (non-hydrogen) atoms. The van der Waals surface area contributed by atoms with Gasteiger partial charge < -0.3 is 20.1 Å². The van der Waals surface area contributed by atoms with Gasteiger partial charge in [-0.15, -0.1) is 0 Å². The molecule has 2 N–H and O–H groups in total. The lowest BCUT2D eigenvalue weighted by Crippen LogP contribution is -2.42. The number of aliphatic imine (C=N–C) groups is 1. The molecule has 2 aliphatic heterocycles. The van der Waals surface area contributed by atoms with Crippen molar-refractivity contribution in [2.45, 2.75) is 58.7 Å². The summed E-state index contributed by atoms with van der Waals surface area (Å²) in [7, 11) is 0. The second-order valence-corrected chi connectivity index (χ2v) is 12.3. The Morgan fingerprint density at radius 1 is 1.14 bits per heavy atom. The number of amides is 1. The van der Waals surface area contributed by atoms with E-state index in [9.17, 15) is 4.79 Å². The summed E-state index contributed by atoms with van der Waals surface area (Å²) >= 11 is 0. The van der Waals surface area contributed by atoms with E-state index in [1.54, 1.807) is 42.4 Å². The molecule has 0 radical (unpaired) electrons. The second-order valence-electron chi connectivity index (χ2n) is 12.3. The van der Waals surface area contributed by atoms with Crippen molar-refractivity contribution in [1.82, 2.24) is 19.8 Å². The van der Waals surface area contributed by atoms with Gasteiger partial charge in [-0.25, -0.2) is 18.6 Å². The summed E-state index contributed by atoms with van der Waals surface area (Å²) < 4.78 is 41.4. The number of fused-ring (bicyclic) bond motifs is 1. The molecule has 11 heteroatoms. The number of nitrogens with zero attached hydrogens (tertiary/aromatic N) is 5. The first-order valence-corrected chi connectivity index (χ1v) is 15.0. The average molecular weight is 607 g/mol. The number of halogens is 2. The van der Waals surface area contributed by atoms with Crippen LogP contribution in [0.15, 0.2) is 47.2 Å². The number of aromatic nitrogens is 2. The van der Waals surface area contributed by atoms with Crippen LogP contribution in [0.1, 0.15) is 51.8 Å². The van der Waals surface area contributed by atoms with Crippen LogP contribution in [-0.2, 0) is 16.0 Å². The van der Waals surface area contributed by atoms with Crippen LogP contribution in [-0.4, -0.2) is 83.1 Å². The summed E-state index contributed by atoms with van der Waals surface area (Å²) in [6, 6.07) is 8.10. The van der Waals surface area contributed by atoms with Gasteiger partial charge in [-0.2, -0.15) is 0 Å². The van der Waals surface area contributed by atoms with Crippen LogP contribution in [0.4, 0.5) is 13.6 Å². The Hall–Kier alpha value is -3.96. The zero-order valence-corrected chi connectivity index (χ0v) is 25.8. The van der Waals surface area contributed by atoms with Gasteiger partial charge in [0.05, 0.1) is 42.2 Å². The molecule has 2 aromatic carbocycles. The largest absolute Gasteiger partial charge is 0.444 e. The summed E-state index contributed by atoms with van der Waals surface area (Å²) in [6.07, 6.45) is 4.41. The van der Waals surface area contributed by atoms with Crippen molar-refractivity contribution in [1.29, 1.82) is 0 Å². The van der Waals surface area contributed by atoms with E-state index in [1.807, 2.05) is 25.7 Å². The molecule has 3 heterocycles. The predicted octanol–water partition coefficient (Wildman–Crippen LogP) is 5.57. The van der Waals surface area contributed by atoms with Crippen LogP contribution < -0.4 is 5.73 Å². The minimum absolute atomic E-state index is 0.00828. The number of piperidine rings is 1. The number of carbonyl (C=O) groups excluding carboxylic acids is 1. The summed E-state index contributed by atoms with van der Waals surface area (Å²) in [5.41, 5.74) is 9.43. The number of benzene rings is 2. The summed E-state index contributed by atoms with van der Waals surface area (Å²) in [5.74, 6) is -1.20. The molecule has 2 aliphatic rings. The van der Waals surface area contributed by atoms with Gasteiger partial charge in [-0.05, 0) is 64.3 Å². The minimum Gasteiger partial charge on any atom is -0.444 e. The molecule has 2 fully saturated rings. The number of hydrogen-bond donors (Lipinski definition) is 1. The third-order valence-electron chi connectivity index (χ3n) is 7.74. The molecule has 1 aromatic heterocycles. The maximum atomic E-state index is 15.3. The first-order valence-electron chi connectivity index (χ1n) is 15.0. The fourth-order valence-corrected chi connectivity index (χ4v) is 5.36. The number of likely N-dealkylation sites (tertiary alicyclic amines) is 1. The third-order valence-corrected chi connectivity index (χ3v) is 7.74. The van der Waals surface area contributed by atoms with E-state index >= 15 is 8.78 Å². The molecule has 5 rings (SSSR count). The summed E-state index contributed by atoms with van der Waals surface area (Å²) in [5, 5.41) is 0. The summed E-state index contributed by atoms with van der Waals surface area (Å²) in [4.78, 5) is 30.3. The van der Waals surface area contributed by atoms with Crippen molar-refractivity contribution < 1.29 is 23.0 Å². The van der Waals surface area contributed by atoms with Crippen LogP contribution in [0.25, 0.3) is 27.7 Å². The van der Waals surface area contributed by atoms with Gasteiger partial charge in [0.2, 0.25) is 0 Å². The molecule has 0 saturated carbocycles. The highest BCUT2D eigenvalue weighted by Gasteiger charge is 2.26. The van der Waals surface area contributed by atoms with Crippen molar-refractivity contribution in [3.8, 4) is 11.1 Å². The summed E-state index contributed by atoms with van der Waals surface area (Å²) in [6.45, 7) is 11.0. The zero-order valence-electron chi connectivity index (χ0n) is 25.8. The normalized spacial score (nSPS) is 17.7. The maximum absolute atomic E-state index is 15.3. The molecule has 2 saturated heterocycles. The second kappa shape index (κ2) is 13.4. The van der Waals surface area contributed by atoms with Crippen LogP contribution in [0, 0.1) is 11.6 Å². The highest BCUT2D eigenvalue weighted by Crippen LogP contribution is 2.31. The fraction of sp³-hybridized carbons (Fsp3) is 0.455. The topological polar surface area (TPSA) is 106 Å². The van der Waals surface area contributed by atoms with E-state index < -0.39 is 17.2 Å². The maximum Gasteiger partial charge on any atom is 0.410 e. The van der Waals surface area contributed by atoms with E-state index in [1.165, 1.54) is 12.1 Å². The van der Waals surface area contributed by atoms with Crippen LogP contribution in [0.2, 0.25) is 0 Å². The van der Waals surface area contributed by atoms with Crippen LogP contribution in [0.5, 0.6) is 0 Å². The van der Waals surface area contributed by atoms with Crippen molar-refractivity contribution in [3.05, 3.63) is 65.1 Å². The zero-order chi connectivity index (χ0) is 31.4. The molecule has 0 aliphatic carbocycles. The predicted molar refractivity (Wildman–Crippen MR) is 167 cm³/mol. The molecule has 1 amide bonds. The Morgan fingerprint density at radius 2 is 1.82 bits per heavy atom. The standard InChI is InChI=1S/C33H40F2N6O3/c1-21(36)25(18-37-23-8-10-41(11-9-23)32(42)44-33(2,3)4)30-19-38-29-7-5-6-24(31(29)39-30)22-16-27(34)26(28(35)17-22)20-40-12-14-43-15-13-40/h5-7,16-19,23H,8-15,20,36H2,1-4H3. The fourth-order valence-electron chi connectivity index (χ4n) is 5.36. The Labute approximate surface area is 256 Å². The van der Waals surface area contributed by atoms with Gasteiger partial charge in [0, 0.05) is 61.3 Å². The first-order chi connectivity index (χ1) is 21.0. The molecule has 0 unspecified atom stereocenters. The highest BCUT2D eigenvalue weighted by atomic mass is 19.1. The molecule has 234 valence electrons. The number of morpholine rings is 1. The SMILES string of the molecule is CC(N)=C(C=NC1CCN(C(=O)OC(C)(C)C)CC1)c1cnc2cccc(-c3cc(F)c(CN4CCOCC4)c(F)c3)c2n1. The number of para-hydroxylation sites is 1. The van der Waals surface area contributed by atoms with Gasteiger partial charge >= 0.3 is 6.09 Å². The van der Waals surface area contributed by atoms with E-state index in [-0.39, 0.29) is 24.2 Å². The number of hydrogen-bond acceptors (Lipinski definition) is 8. The van der Waals surface area contributed by atoms with Crippen molar-refractivity contribution in [2.75, 3.05) is 39.4 Å². The van der Waals surface area contributed by atoms with E-state index in [2.05, 4.69) is 4.98 Å². The van der Waals surface area contributed by atoms with Crippen LogP contribution >= 0.6 is 0 Å². The van der Waals surface area contributed by atoms with E-state index in [0.717, 1.165) is 0 Å². The molecular formula is C33H40F2N6O3. The molecule has 3 aromatic rings. The van der Waals surface area contributed by atoms with Crippen LogP contribution in [0.3, 0.4) is 0 Å². The van der Waals surface area contributed by atoms with E-state index in [0.29, 0.717) is 91.4 Å². The Morgan fingerprint density at radius 3 is 2.45 bits per heavy atom. The van der Waals surface area contributed by atoms with Gasteiger partial charge in [-0.3, -0.25) is 14.9 Å². The van der Waals surface area contributed by atoms with Crippen molar-refractivity contribution in [3.63, 3.8) is 0 Å². The lowest BCUT2D eigenvalue weighted by atomic mass is 10.0. The van der Waals surface area contributed by atoms with Gasteiger partial charge in [-0.1, -0.05) is 12.1 Å². The number of carbonyl (C=O) groups is 1. The smallest absolute Gasteiger partial charge is 0.410 e. The molecule has 9 nitrogen and oxygen atoms in total. The van der Waals surface area contributed by atoms with Gasteiger partial charge in [0.15, 0.2) is 0 Å². The number of rotatable bonds is 6. The lowest BCUT2D eigenvalue weighted by molar-refractivity contribution is 0.0207. The minimum atomic E-state index is -0.601. The Bertz CT molecular complexity index is 1540. The van der Waals surface area contributed by atoms with Gasteiger partial charge in [0.25, 0.3) is 0 Å². The molecule has 0 bridgehead atoms. The lowest BCUT2D eigenvalue weighted by Gasteiger charge is -2.32. The molecular weight excluding hydrogens is 566 g/mol. The van der Waals surface area contributed by atoms with Crippen molar-refractivity contribution in [2.24, 2.45) is 10.7 Å². The highest BCUT2D eigenvalue weighted by molar-refractivity contribution is 6.10. The van der Waals surface area contributed by atoms with Gasteiger partial charge in [0.1, 0.15) is 17.2 Å². The first kappa shape index (κ1) is 31.5. The number of allylic oxidation sites excluding steroid dienone is 2.